The molecule has 0 saturated heterocycles. The lowest BCUT2D eigenvalue weighted by molar-refractivity contribution is 0.0697. The minimum atomic E-state index is -0.879. The first-order valence-corrected chi connectivity index (χ1v) is 14.9. The molecule has 0 atom stereocenters. The Hall–Kier alpha value is -6.97. The molecule has 6 rings (SSSR count). The fourth-order valence-electron chi connectivity index (χ4n) is 4.29. The van der Waals surface area contributed by atoms with Gasteiger partial charge in [0.25, 0.3) is 0 Å². The number of aromatic carboxylic acids is 1. The van der Waals surface area contributed by atoms with Crippen LogP contribution in [-0.4, -0.2) is 11.1 Å². The van der Waals surface area contributed by atoms with Crippen LogP contribution in [-0.2, 0) is 0 Å². The number of carbonyl (C=O) groups is 1. The molecule has 0 saturated carbocycles. The first-order chi connectivity index (χ1) is 23.2. The summed E-state index contributed by atoms with van der Waals surface area (Å²) in [6.45, 7) is 0. The quantitative estimate of drug-likeness (QED) is 0.192. The molecular formula is C45H28O2. The first-order valence-electron chi connectivity index (χ1n) is 14.9. The van der Waals surface area contributed by atoms with E-state index in [0.29, 0.717) is 5.56 Å². The van der Waals surface area contributed by atoms with Crippen LogP contribution in [0.2, 0.25) is 0 Å². The van der Waals surface area contributed by atoms with Gasteiger partial charge in [0.2, 0.25) is 0 Å². The van der Waals surface area contributed by atoms with Gasteiger partial charge in [0, 0.05) is 33.4 Å². The summed E-state index contributed by atoms with van der Waals surface area (Å²) in [4.78, 5) is 10.2. The van der Waals surface area contributed by atoms with Crippen LogP contribution in [0.25, 0.3) is 0 Å². The summed E-state index contributed by atoms with van der Waals surface area (Å²) in [6.07, 6.45) is 0. The van der Waals surface area contributed by atoms with Crippen molar-refractivity contribution in [2.45, 2.75) is 0 Å². The zero-order valence-corrected chi connectivity index (χ0v) is 25.4. The third kappa shape index (κ3) is 9.77. The third-order valence-electron chi connectivity index (χ3n) is 6.67. The van der Waals surface area contributed by atoms with Gasteiger partial charge in [0.15, 0.2) is 0 Å². The van der Waals surface area contributed by atoms with Crippen molar-refractivity contribution in [2.75, 3.05) is 0 Å². The zero-order chi connectivity index (χ0) is 32.5. The average molecular weight is 601 g/mol. The van der Waals surface area contributed by atoms with Crippen LogP contribution >= 0.6 is 0 Å². The van der Waals surface area contributed by atoms with Crippen molar-refractivity contribution in [3.8, 4) is 47.4 Å². The molecule has 47 heavy (non-hydrogen) atoms. The van der Waals surface area contributed by atoms with Gasteiger partial charge in [-0.05, 0) is 72.8 Å². The van der Waals surface area contributed by atoms with Gasteiger partial charge in [-0.3, -0.25) is 0 Å². The largest absolute Gasteiger partial charge is 0.478 e. The van der Waals surface area contributed by atoms with Crippen molar-refractivity contribution < 1.29 is 9.90 Å². The van der Waals surface area contributed by atoms with Crippen molar-refractivity contribution in [2.24, 2.45) is 0 Å². The van der Waals surface area contributed by atoms with Crippen molar-refractivity contribution >= 4 is 5.97 Å². The molecule has 1 N–H and O–H groups in total. The lowest BCUT2D eigenvalue weighted by Crippen LogP contribution is -1.95. The Kier molecular flexibility index (Phi) is 11.2. The van der Waals surface area contributed by atoms with E-state index in [1.165, 1.54) is 0 Å². The molecule has 0 bridgehead atoms. The van der Waals surface area contributed by atoms with E-state index in [1.54, 1.807) is 30.3 Å². The predicted octanol–water partition coefficient (Wildman–Crippen LogP) is 8.67. The Balaban J connectivity index is 0.000000417. The summed E-state index contributed by atoms with van der Waals surface area (Å²) in [5, 5.41) is 8.38. The van der Waals surface area contributed by atoms with Gasteiger partial charge in [0.1, 0.15) is 0 Å². The second-order valence-electron chi connectivity index (χ2n) is 10.0. The van der Waals surface area contributed by atoms with Crippen molar-refractivity contribution in [1.82, 2.24) is 0 Å². The summed E-state index contributed by atoms with van der Waals surface area (Å²) in [5.41, 5.74) is 7.27. The predicted molar refractivity (Wildman–Crippen MR) is 190 cm³/mol. The number of benzene rings is 6. The minimum Gasteiger partial charge on any atom is -0.478 e. The van der Waals surface area contributed by atoms with Crippen LogP contribution < -0.4 is 0 Å². The van der Waals surface area contributed by atoms with E-state index in [2.05, 4.69) is 47.4 Å². The van der Waals surface area contributed by atoms with Crippen molar-refractivity contribution in [3.63, 3.8) is 0 Å². The number of hydrogen-bond donors (Lipinski definition) is 1. The van der Waals surface area contributed by atoms with Gasteiger partial charge < -0.3 is 5.11 Å². The topological polar surface area (TPSA) is 37.3 Å². The van der Waals surface area contributed by atoms with Gasteiger partial charge in [-0.15, -0.1) is 0 Å². The normalized spacial score (nSPS) is 9.19. The van der Waals surface area contributed by atoms with E-state index in [9.17, 15) is 4.79 Å². The number of carboxylic acids is 1. The van der Waals surface area contributed by atoms with Crippen LogP contribution in [0.4, 0.5) is 0 Å². The average Bonchev–Trinajstić information content (AvgIpc) is 3.14. The smallest absolute Gasteiger partial charge is 0.335 e. The monoisotopic (exact) mass is 600 g/mol. The summed E-state index contributed by atoms with van der Waals surface area (Å²) in [6, 6.07) is 52.1. The summed E-state index contributed by atoms with van der Waals surface area (Å²) < 4.78 is 0. The van der Waals surface area contributed by atoms with Crippen LogP contribution in [0.15, 0.2) is 164 Å². The molecule has 0 aromatic heterocycles. The summed E-state index contributed by atoms with van der Waals surface area (Å²) in [5.74, 6) is 25.7. The number of hydrogen-bond acceptors (Lipinski definition) is 1. The van der Waals surface area contributed by atoms with Gasteiger partial charge >= 0.3 is 5.97 Å². The van der Waals surface area contributed by atoms with Crippen LogP contribution in [0, 0.1) is 47.4 Å². The molecule has 2 heteroatoms. The first kappa shape index (κ1) is 31.5. The van der Waals surface area contributed by atoms with E-state index >= 15 is 0 Å². The molecule has 0 unspecified atom stereocenters. The van der Waals surface area contributed by atoms with Crippen LogP contribution in [0.5, 0.6) is 0 Å². The lowest BCUT2D eigenvalue weighted by Gasteiger charge is -2.05. The van der Waals surface area contributed by atoms with Crippen molar-refractivity contribution in [3.05, 3.63) is 214 Å². The molecule has 0 spiro atoms. The summed E-state index contributed by atoms with van der Waals surface area (Å²) in [7, 11) is 0. The Morgan fingerprint density at radius 2 is 0.617 bits per heavy atom. The second-order valence-corrected chi connectivity index (χ2v) is 10.0. The van der Waals surface area contributed by atoms with E-state index in [-0.39, 0.29) is 0 Å². The highest BCUT2D eigenvalue weighted by atomic mass is 16.4. The van der Waals surface area contributed by atoms with E-state index in [1.807, 2.05) is 133 Å². The highest BCUT2D eigenvalue weighted by Gasteiger charge is 2.09. The van der Waals surface area contributed by atoms with Crippen molar-refractivity contribution in [1.29, 1.82) is 0 Å². The van der Waals surface area contributed by atoms with Gasteiger partial charge in [-0.1, -0.05) is 138 Å². The van der Waals surface area contributed by atoms with E-state index < -0.39 is 5.97 Å². The zero-order valence-electron chi connectivity index (χ0n) is 25.4. The minimum absolute atomic E-state index is 0.331. The molecular weight excluding hydrogens is 572 g/mol. The molecule has 2 nitrogen and oxygen atoms in total. The maximum absolute atomic E-state index is 10.2. The molecule has 0 heterocycles. The van der Waals surface area contributed by atoms with Gasteiger partial charge in [-0.25, -0.2) is 4.79 Å². The number of rotatable bonds is 1. The van der Waals surface area contributed by atoms with E-state index in [4.69, 9.17) is 5.11 Å². The van der Waals surface area contributed by atoms with Gasteiger partial charge in [0.05, 0.1) is 16.7 Å². The fourth-order valence-corrected chi connectivity index (χ4v) is 4.29. The fraction of sp³-hybridized carbons (Fsp3) is 0. The maximum atomic E-state index is 10.2. The van der Waals surface area contributed by atoms with Gasteiger partial charge in [-0.2, -0.15) is 0 Å². The Bertz CT molecular complexity index is 2050. The third-order valence-corrected chi connectivity index (χ3v) is 6.67. The molecule has 0 aliphatic heterocycles. The molecule has 6 aromatic carbocycles. The Morgan fingerprint density at radius 3 is 0.894 bits per heavy atom. The second kappa shape index (κ2) is 16.8. The molecule has 0 aliphatic carbocycles. The number of carboxylic acid groups (broad SMARTS) is 1. The highest BCUT2D eigenvalue weighted by molar-refractivity contribution is 5.87. The van der Waals surface area contributed by atoms with E-state index in [0.717, 1.165) is 44.5 Å². The lowest BCUT2D eigenvalue weighted by atomic mass is 9.95. The highest BCUT2D eigenvalue weighted by Crippen LogP contribution is 2.19. The molecule has 0 amide bonds. The van der Waals surface area contributed by atoms with Crippen LogP contribution in [0.3, 0.4) is 0 Å². The molecule has 0 aliphatic rings. The standard InChI is InChI=1S/C38H22.C7H6O2/c1-5-13-31(14-6-1)21-25-35-27-28-36(26-22-32-15-7-2-8-16-32)38(30-24-34-19-11-4-12-20-34)37(35)29-23-33-17-9-3-10-18-33;8-7(9)6-4-2-1-3-5-6/h1-20,27-28H;1-5H,(H,8,9). The Morgan fingerprint density at radius 1 is 0.340 bits per heavy atom. The molecule has 0 radical (unpaired) electrons. The Labute approximate surface area is 276 Å². The molecule has 0 fully saturated rings. The van der Waals surface area contributed by atoms with Crippen LogP contribution in [0.1, 0.15) is 54.9 Å². The molecule has 220 valence electrons. The summed E-state index contributed by atoms with van der Waals surface area (Å²) >= 11 is 0. The SMILES string of the molecule is C(#Cc1ccc(C#Cc2ccccc2)c(C#Cc2ccccc2)c1C#Cc1ccccc1)c1ccccc1.O=C(O)c1ccccc1. The molecule has 6 aromatic rings. The maximum Gasteiger partial charge on any atom is 0.335 e.